The molecule has 0 bridgehead atoms. The van der Waals surface area contributed by atoms with Crippen LogP contribution in [0.2, 0.25) is 0 Å². The van der Waals surface area contributed by atoms with Crippen LogP contribution in [0.1, 0.15) is 39.5 Å². The maximum atomic E-state index is 13.6. The first-order valence-corrected chi connectivity index (χ1v) is 15.0. The number of carbonyl (C=O) groups excluding carboxylic acids is 2. The third-order valence-electron chi connectivity index (χ3n) is 7.08. The van der Waals surface area contributed by atoms with Gasteiger partial charge in [-0.15, -0.1) is 0 Å². The lowest BCUT2D eigenvalue weighted by atomic mass is 9.98. The molecule has 0 spiro atoms. The van der Waals surface area contributed by atoms with Gasteiger partial charge in [-0.1, -0.05) is 113 Å². The van der Waals surface area contributed by atoms with Gasteiger partial charge in [0.2, 0.25) is 0 Å². The van der Waals surface area contributed by atoms with Crippen molar-refractivity contribution >= 4 is 27.8 Å². The number of methoxy groups -OCH3 is 1. The van der Waals surface area contributed by atoms with Crippen molar-refractivity contribution in [2.24, 2.45) is 0 Å². The summed E-state index contributed by atoms with van der Waals surface area (Å²) in [4.78, 5) is 25.9. The van der Waals surface area contributed by atoms with E-state index in [2.05, 4.69) is 21.2 Å². The molecule has 0 saturated heterocycles. The minimum Gasteiger partial charge on any atom is -0.489 e. The van der Waals surface area contributed by atoms with Crippen molar-refractivity contribution in [3.05, 3.63) is 154 Å². The summed E-state index contributed by atoms with van der Waals surface area (Å²) in [6.07, 6.45) is -0.0180. The molecule has 44 heavy (non-hydrogen) atoms. The average Bonchev–Trinajstić information content (AvgIpc) is 3.07. The first-order chi connectivity index (χ1) is 21.5. The first kappa shape index (κ1) is 30.6. The highest BCUT2D eigenvalue weighted by atomic mass is 79.9. The number of hydrogen-bond donors (Lipinski definition) is 1. The molecule has 5 aromatic rings. The minimum absolute atomic E-state index is 0.0180. The number of rotatable bonds is 12. The molecule has 0 aliphatic heterocycles. The van der Waals surface area contributed by atoms with Gasteiger partial charge < -0.3 is 19.5 Å². The van der Waals surface area contributed by atoms with Gasteiger partial charge in [-0.2, -0.15) is 0 Å². The van der Waals surface area contributed by atoms with Crippen LogP contribution >= 0.6 is 15.9 Å². The van der Waals surface area contributed by atoms with Crippen LogP contribution in [0.25, 0.3) is 11.1 Å². The molecule has 1 amide bonds. The van der Waals surface area contributed by atoms with Gasteiger partial charge in [0.1, 0.15) is 24.7 Å². The van der Waals surface area contributed by atoms with Crippen LogP contribution in [-0.4, -0.2) is 19.0 Å². The molecule has 0 saturated carbocycles. The van der Waals surface area contributed by atoms with Crippen molar-refractivity contribution in [3.8, 4) is 22.6 Å². The van der Waals surface area contributed by atoms with Gasteiger partial charge in [-0.05, 0) is 58.1 Å². The van der Waals surface area contributed by atoms with Gasteiger partial charge in [0, 0.05) is 4.47 Å². The topological polar surface area (TPSA) is 73.9 Å². The van der Waals surface area contributed by atoms with Gasteiger partial charge in [0.25, 0.3) is 5.91 Å². The fourth-order valence-electron chi connectivity index (χ4n) is 4.67. The molecule has 5 aromatic carbocycles. The molecule has 5 rings (SSSR count). The smallest absolute Gasteiger partial charge is 0.307 e. The Kier molecular flexibility index (Phi) is 10.4. The summed E-state index contributed by atoms with van der Waals surface area (Å²) < 4.78 is 17.6. The Balaban J connectivity index is 1.27. The van der Waals surface area contributed by atoms with Crippen LogP contribution in [-0.2, 0) is 22.7 Å². The van der Waals surface area contributed by atoms with Crippen LogP contribution < -0.4 is 14.8 Å². The monoisotopic (exact) mass is 649 g/mol. The first-order valence-electron chi connectivity index (χ1n) is 14.2. The van der Waals surface area contributed by atoms with Crippen molar-refractivity contribution in [3.63, 3.8) is 0 Å². The van der Waals surface area contributed by atoms with Crippen molar-refractivity contribution in [2.75, 3.05) is 7.11 Å². The van der Waals surface area contributed by atoms with E-state index in [9.17, 15) is 9.59 Å². The highest BCUT2D eigenvalue weighted by molar-refractivity contribution is 9.10. The van der Waals surface area contributed by atoms with E-state index in [1.807, 2.05) is 115 Å². The summed E-state index contributed by atoms with van der Waals surface area (Å²) in [7, 11) is 1.34. The van der Waals surface area contributed by atoms with Crippen LogP contribution in [0.15, 0.2) is 132 Å². The summed E-state index contributed by atoms with van der Waals surface area (Å²) in [5.74, 6) is 0.387. The highest BCUT2D eigenvalue weighted by Gasteiger charge is 2.22. The van der Waals surface area contributed by atoms with E-state index in [0.29, 0.717) is 17.9 Å². The molecule has 0 heterocycles. The van der Waals surface area contributed by atoms with E-state index in [4.69, 9.17) is 14.2 Å². The Morgan fingerprint density at radius 1 is 0.705 bits per heavy atom. The van der Waals surface area contributed by atoms with Crippen molar-refractivity contribution in [1.82, 2.24) is 5.32 Å². The standard InChI is InChI=1S/C37H32BrNO5/c1-42-36(40)23-34(30-16-14-29(15-17-30)28-10-6-3-7-11-28)39-37(41)33-22-31(38)18-21-35(33)44-25-27-12-19-32(20-13-27)43-24-26-8-4-2-5-9-26/h2-22,34H,23-25H2,1H3,(H,39,41). The summed E-state index contributed by atoms with van der Waals surface area (Å²) in [5, 5.41) is 3.02. The molecule has 0 aromatic heterocycles. The molecule has 1 atom stereocenters. The van der Waals surface area contributed by atoms with E-state index in [1.54, 1.807) is 12.1 Å². The molecule has 0 aliphatic carbocycles. The molecule has 0 fully saturated rings. The predicted octanol–water partition coefficient (Wildman–Crippen LogP) is 8.31. The molecular formula is C37H32BrNO5. The van der Waals surface area contributed by atoms with Crippen molar-refractivity contribution in [1.29, 1.82) is 0 Å². The van der Waals surface area contributed by atoms with E-state index in [-0.39, 0.29) is 18.9 Å². The number of carbonyl (C=O) groups is 2. The summed E-state index contributed by atoms with van der Waals surface area (Å²) in [6, 6.07) is 40.1. The summed E-state index contributed by atoms with van der Waals surface area (Å²) in [5.41, 5.74) is 5.27. The lowest BCUT2D eigenvalue weighted by Gasteiger charge is -2.20. The number of ether oxygens (including phenoxy) is 3. The number of hydrogen-bond acceptors (Lipinski definition) is 5. The van der Waals surface area contributed by atoms with Crippen LogP contribution in [0.5, 0.6) is 11.5 Å². The van der Waals surface area contributed by atoms with E-state index in [0.717, 1.165) is 38.0 Å². The molecule has 1 N–H and O–H groups in total. The molecule has 0 radical (unpaired) electrons. The Morgan fingerprint density at radius 2 is 1.32 bits per heavy atom. The van der Waals surface area contributed by atoms with Gasteiger partial charge in [-0.25, -0.2) is 0 Å². The second-order valence-electron chi connectivity index (χ2n) is 10.1. The van der Waals surface area contributed by atoms with Crippen molar-refractivity contribution < 1.29 is 23.8 Å². The molecule has 0 aliphatic rings. The SMILES string of the molecule is COC(=O)CC(NC(=O)c1cc(Br)ccc1OCc1ccc(OCc2ccccc2)cc1)c1ccc(-c2ccccc2)cc1. The quantitative estimate of drug-likeness (QED) is 0.138. The minimum atomic E-state index is -0.602. The molecule has 6 nitrogen and oxygen atoms in total. The summed E-state index contributed by atoms with van der Waals surface area (Å²) in [6.45, 7) is 0.746. The third kappa shape index (κ3) is 8.36. The number of amides is 1. The van der Waals surface area contributed by atoms with Crippen LogP contribution in [0, 0.1) is 0 Å². The lowest BCUT2D eigenvalue weighted by molar-refractivity contribution is -0.141. The third-order valence-corrected chi connectivity index (χ3v) is 7.57. The van der Waals surface area contributed by atoms with Crippen LogP contribution in [0.3, 0.4) is 0 Å². The Morgan fingerprint density at radius 3 is 2.00 bits per heavy atom. The van der Waals surface area contributed by atoms with Gasteiger partial charge in [0.05, 0.1) is 25.1 Å². The van der Waals surface area contributed by atoms with E-state index >= 15 is 0 Å². The fraction of sp³-hybridized carbons (Fsp3) is 0.135. The van der Waals surface area contributed by atoms with Gasteiger partial charge in [-0.3, -0.25) is 9.59 Å². The van der Waals surface area contributed by atoms with Gasteiger partial charge in [0.15, 0.2) is 0 Å². The van der Waals surface area contributed by atoms with Crippen LogP contribution in [0.4, 0.5) is 0 Å². The highest BCUT2D eigenvalue weighted by Crippen LogP contribution is 2.28. The zero-order chi connectivity index (χ0) is 30.7. The predicted molar refractivity (Wildman–Crippen MR) is 174 cm³/mol. The number of halogens is 1. The van der Waals surface area contributed by atoms with Gasteiger partial charge >= 0.3 is 5.97 Å². The number of esters is 1. The molecular weight excluding hydrogens is 618 g/mol. The average molecular weight is 651 g/mol. The Labute approximate surface area is 265 Å². The maximum absolute atomic E-state index is 13.6. The molecule has 7 heteroatoms. The van der Waals surface area contributed by atoms with Crippen molar-refractivity contribution in [2.45, 2.75) is 25.7 Å². The maximum Gasteiger partial charge on any atom is 0.307 e. The Hall–Kier alpha value is -4.88. The number of nitrogens with one attached hydrogen (secondary N) is 1. The second-order valence-corrected chi connectivity index (χ2v) is 11.1. The summed E-state index contributed by atoms with van der Waals surface area (Å²) >= 11 is 3.47. The number of benzene rings is 5. The van der Waals surface area contributed by atoms with E-state index in [1.165, 1.54) is 7.11 Å². The largest absolute Gasteiger partial charge is 0.489 e. The zero-order valence-electron chi connectivity index (χ0n) is 24.2. The lowest BCUT2D eigenvalue weighted by Crippen LogP contribution is -2.31. The fourth-order valence-corrected chi connectivity index (χ4v) is 5.03. The second kappa shape index (κ2) is 15.0. The zero-order valence-corrected chi connectivity index (χ0v) is 25.8. The molecule has 222 valence electrons. The normalized spacial score (nSPS) is 11.3. The Bertz CT molecular complexity index is 1670. The molecule has 1 unspecified atom stereocenters. The van der Waals surface area contributed by atoms with E-state index < -0.39 is 12.0 Å².